The molecule has 7 heteroatoms. The number of imide groups is 1. The molecule has 2 amide bonds. The van der Waals surface area contributed by atoms with E-state index in [-0.39, 0.29) is 11.1 Å². The minimum absolute atomic E-state index is 0.327. The van der Waals surface area contributed by atoms with Crippen LogP contribution in [-0.4, -0.2) is 17.8 Å². The van der Waals surface area contributed by atoms with Crippen LogP contribution in [0.4, 0.5) is 4.79 Å². The number of carbonyl (C=O) groups is 2. The highest BCUT2D eigenvalue weighted by Gasteiger charge is 2.25. The summed E-state index contributed by atoms with van der Waals surface area (Å²) < 4.78 is 7.52. The molecule has 4 nitrogen and oxygen atoms in total. The normalized spacial score (nSPS) is 16.9. The van der Waals surface area contributed by atoms with E-state index >= 15 is 0 Å². The zero-order chi connectivity index (χ0) is 14.0. The van der Waals surface area contributed by atoms with Gasteiger partial charge >= 0.3 is 0 Å². The van der Waals surface area contributed by atoms with Crippen molar-refractivity contribution in [2.45, 2.75) is 6.92 Å². The van der Waals surface area contributed by atoms with Gasteiger partial charge in [-0.05, 0) is 87.6 Å². The van der Waals surface area contributed by atoms with E-state index < -0.39 is 0 Å². The number of thioether (sulfide) groups is 1. The van der Waals surface area contributed by atoms with Crippen molar-refractivity contribution in [2.24, 2.45) is 0 Å². The first-order valence-corrected chi connectivity index (χ1v) is 8.35. The minimum Gasteiger partial charge on any atom is -0.492 e. The Morgan fingerprint density at radius 2 is 1.95 bits per heavy atom. The van der Waals surface area contributed by atoms with Crippen LogP contribution in [0, 0.1) is 7.14 Å². The van der Waals surface area contributed by atoms with Crippen LogP contribution in [0.2, 0.25) is 0 Å². The second-order valence-electron chi connectivity index (χ2n) is 3.60. The number of rotatable bonds is 3. The van der Waals surface area contributed by atoms with Crippen molar-refractivity contribution in [3.8, 4) is 5.75 Å². The van der Waals surface area contributed by atoms with Gasteiger partial charge in [0.05, 0.1) is 18.7 Å². The lowest BCUT2D eigenvalue weighted by atomic mass is 10.2. The highest BCUT2D eigenvalue weighted by Crippen LogP contribution is 2.31. The van der Waals surface area contributed by atoms with E-state index in [0.717, 1.165) is 30.2 Å². The lowest BCUT2D eigenvalue weighted by molar-refractivity contribution is -0.115. The number of hydrogen-bond acceptors (Lipinski definition) is 4. The first-order chi connectivity index (χ1) is 9.01. The third-order valence-electron chi connectivity index (χ3n) is 2.25. The zero-order valence-electron chi connectivity index (χ0n) is 9.83. The van der Waals surface area contributed by atoms with Gasteiger partial charge in [0.25, 0.3) is 11.1 Å². The molecule has 1 fully saturated rings. The van der Waals surface area contributed by atoms with Crippen molar-refractivity contribution in [1.82, 2.24) is 5.32 Å². The predicted octanol–water partition coefficient (Wildman–Crippen LogP) is 3.62. The largest absolute Gasteiger partial charge is 0.492 e. The summed E-state index contributed by atoms with van der Waals surface area (Å²) in [6, 6.07) is 3.86. The molecule has 100 valence electrons. The smallest absolute Gasteiger partial charge is 0.290 e. The second-order valence-corrected chi connectivity index (χ2v) is 6.94. The number of nitrogens with one attached hydrogen (secondary N) is 1. The maximum absolute atomic E-state index is 11.5. The third kappa shape index (κ3) is 3.63. The molecule has 0 aliphatic carbocycles. The molecular formula is C12H9I2NO3S. The molecule has 0 unspecified atom stereocenters. The van der Waals surface area contributed by atoms with Gasteiger partial charge in [-0.2, -0.15) is 0 Å². The van der Waals surface area contributed by atoms with Gasteiger partial charge in [-0.25, -0.2) is 0 Å². The maximum Gasteiger partial charge on any atom is 0.290 e. The molecule has 1 aromatic carbocycles. The highest BCUT2D eigenvalue weighted by atomic mass is 127. The number of amides is 2. The molecule has 1 saturated heterocycles. The Hall–Kier alpha value is -0.290. The average molecular weight is 501 g/mol. The van der Waals surface area contributed by atoms with Crippen LogP contribution in [0.5, 0.6) is 5.75 Å². The molecule has 0 atom stereocenters. The number of benzene rings is 1. The monoisotopic (exact) mass is 501 g/mol. The van der Waals surface area contributed by atoms with Gasteiger partial charge in [-0.1, -0.05) is 0 Å². The molecule has 1 aromatic rings. The average Bonchev–Trinajstić information content (AvgIpc) is 2.62. The van der Waals surface area contributed by atoms with E-state index in [2.05, 4.69) is 50.5 Å². The predicted molar refractivity (Wildman–Crippen MR) is 92.2 cm³/mol. The van der Waals surface area contributed by atoms with Crippen molar-refractivity contribution >= 4 is 74.2 Å². The molecule has 2 rings (SSSR count). The van der Waals surface area contributed by atoms with Crippen molar-refractivity contribution in [3.63, 3.8) is 0 Å². The fraction of sp³-hybridized carbons (Fsp3) is 0.167. The van der Waals surface area contributed by atoms with Gasteiger partial charge in [-0.15, -0.1) is 0 Å². The quantitative estimate of drug-likeness (QED) is 0.509. The summed E-state index contributed by atoms with van der Waals surface area (Å²) in [6.07, 6.45) is 1.71. The van der Waals surface area contributed by atoms with E-state index in [1.165, 1.54) is 0 Å². The number of carbonyl (C=O) groups excluding carboxylic acids is 2. The zero-order valence-corrected chi connectivity index (χ0v) is 15.0. The lowest BCUT2D eigenvalue weighted by Gasteiger charge is -2.09. The summed E-state index contributed by atoms with van der Waals surface area (Å²) in [7, 11) is 0. The molecule has 0 aromatic heterocycles. The van der Waals surface area contributed by atoms with Crippen LogP contribution >= 0.6 is 56.9 Å². The van der Waals surface area contributed by atoms with Crippen LogP contribution in [0.1, 0.15) is 12.5 Å². The first kappa shape index (κ1) is 15.1. The molecule has 0 radical (unpaired) electrons. The molecule has 0 saturated carbocycles. The van der Waals surface area contributed by atoms with Crippen molar-refractivity contribution in [2.75, 3.05) is 6.61 Å². The number of ether oxygens (including phenoxy) is 1. The Morgan fingerprint density at radius 1 is 1.32 bits per heavy atom. The van der Waals surface area contributed by atoms with Gasteiger partial charge in [0.15, 0.2) is 0 Å². The second kappa shape index (κ2) is 6.44. The standard InChI is InChI=1S/C12H9I2NO3S/c1-2-18-10-7(13)3-6(4-8(10)14)5-9-11(16)15-12(17)19-9/h3-5H,2H2,1H3,(H,15,16,17)/b9-5-. The molecule has 0 bridgehead atoms. The summed E-state index contributed by atoms with van der Waals surface area (Å²) in [4.78, 5) is 23.0. The molecule has 19 heavy (non-hydrogen) atoms. The Morgan fingerprint density at radius 3 is 2.42 bits per heavy atom. The van der Waals surface area contributed by atoms with Crippen molar-refractivity contribution in [3.05, 3.63) is 29.7 Å². The van der Waals surface area contributed by atoms with Crippen LogP contribution in [0.3, 0.4) is 0 Å². The Balaban J connectivity index is 2.35. The van der Waals surface area contributed by atoms with Gasteiger partial charge in [0, 0.05) is 0 Å². The molecule has 1 N–H and O–H groups in total. The Bertz CT molecular complexity index is 563. The summed E-state index contributed by atoms with van der Waals surface area (Å²) in [6.45, 7) is 2.55. The Kier molecular flexibility index (Phi) is 5.12. The summed E-state index contributed by atoms with van der Waals surface area (Å²) in [5.74, 6) is 0.513. The van der Waals surface area contributed by atoms with Crippen LogP contribution in [-0.2, 0) is 4.79 Å². The van der Waals surface area contributed by atoms with Gasteiger partial charge < -0.3 is 4.74 Å². The third-order valence-corrected chi connectivity index (χ3v) is 4.66. The number of hydrogen-bond donors (Lipinski definition) is 1. The van der Waals surface area contributed by atoms with Gasteiger partial charge in [0.1, 0.15) is 5.75 Å². The van der Waals surface area contributed by atoms with E-state index in [9.17, 15) is 9.59 Å². The van der Waals surface area contributed by atoms with Crippen LogP contribution < -0.4 is 10.1 Å². The van der Waals surface area contributed by atoms with E-state index in [1.54, 1.807) is 6.08 Å². The maximum atomic E-state index is 11.5. The summed E-state index contributed by atoms with van der Waals surface area (Å²) in [5.41, 5.74) is 0.879. The van der Waals surface area contributed by atoms with E-state index in [1.807, 2.05) is 19.1 Å². The van der Waals surface area contributed by atoms with E-state index in [0.29, 0.717) is 11.5 Å². The topological polar surface area (TPSA) is 55.4 Å². The Labute approximate surface area is 142 Å². The van der Waals surface area contributed by atoms with Gasteiger partial charge in [0.2, 0.25) is 0 Å². The van der Waals surface area contributed by atoms with Crippen molar-refractivity contribution in [1.29, 1.82) is 0 Å². The summed E-state index contributed by atoms with van der Waals surface area (Å²) in [5, 5.41) is 1.91. The fourth-order valence-electron chi connectivity index (χ4n) is 1.52. The highest BCUT2D eigenvalue weighted by molar-refractivity contribution is 14.1. The molecule has 1 aliphatic rings. The molecular weight excluding hydrogens is 492 g/mol. The van der Waals surface area contributed by atoms with E-state index in [4.69, 9.17) is 4.74 Å². The first-order valence-electron chi connectivity index (χ1n) is 5.38. The number of halogens is 2. The lowest BCUT2D eigenvalue weighted by Crippen LogP contribution is -2.17. The van der Waals surface area contributed by atoms with Gasteiger partial charge in [-0.3, -0.25) is 14.9 Å². The van der Waals surface area contributed by atoms with Crippen molar-refractivity contribution < 1.29 is 14.3 Å². The molecule has 0 spiro atoms. The fourth-order valence-corrected chi connectivity index (χ4v) is 4.33. The SMILES string of the molecule is CCOc1c(I)cc(/C=C2\SC(=O)NC2=O)cc1I. The summed E-state index contributed by atoms with van der Waals surface area (Å²) >= 11 is 5.32. The minimum atomic E-state index is -0.339. The van der Waals surface area contributed by atoms with Crippen LogP contribution in [0.25, 0.3) is 6.08 Å². The molecule has 1 aliphatic heterocycles. The van der Waals surface area contributed by atoms with Crippen LogP contribution in [0.15, 0.2) is 17.0 Å². The molecule has 1 heterocycles.